The summed E-state index contributed by atoms with van der Waals surface area (Å²) >= 11 is 0. The van der Waals surface area contributed by atoms with E-state index in [0.717, 1.165) is 11.1 Å². The van der Waals surface area contributed by atoms with E-state index in [-0.39, 0.29) is 5.91 Å². The van der Waals surface area contributed by atoms with Gasteiger partial charge in [0, 0.05) is 0 Å². The van der Waals surface area contributed by atoms with Crippen molar-refractivity contribution in [2.24, 2.45) is 0 Å². The smallest absolute Gasteiger partial charge is 0.250 e. The van der Waals surface area contributed by atoms with Gasteiger partial charge in [0.05, 0.1) is 6.67 Å². The Labute approximate surface area is 119 Å². The highest BCUT2D eigenvalue weighted by Gasteiger charge is 2.45. The summed E-state index contributed by atoms with van der Waals surface area (Å²) < 4.78 is 0. The van der Waals surface area contributed by atoms with Gasteiger partial charge in [0.25, 0.3) is 5.91 Å². The lowest BCUT2D eigenvalue weighted by Gasteiger charge is -2.28. The van der Waals surface area contributed by atoms with Crippen LogP contribution in [0, 0.1) is 13.8 Å². The van der Waals surface area contributed by atoms with Crippen LogP contribution in [0.3, 0.4) is 0 Å². The van der Waals surface area contributed by atoms with Gasteiger partial charge in [-0.3, -0.25) is 10.1 Å². The van der Waals surface area contributed by atoms with Gasteiger partial charge >= 0.3 is 0 Å². The Kier molecular flexibility index (Phi) is 3.07. The first kappa shape index (κ1) is 12.9. The van der Waals surface area contributed by atoms with E-state index in [0.29, 0.717) is 6.67 Å². The number of carbonyl (C=O) groups is 1. The molecule has 0 atom stereocenters. The third-order valence-electron chi connectivity index (χ3n) is 3.91. The zero-order valence-electron chi connectivity index (χ0n) is 11.7. The van der Waals surface area contributed by atoms with Crippen LogP contribution in [0.5, 0.6) is 0 Å². The highest BCUT2D eigenvalue weighted by Crippen LogP contribution is 2.32. The molecule has 0 aromatic heterocycles. The molecule has 0 radical (unpaired) electrons. The van der Waals surface area contributed by atoms with Gasteiger partial charge in [-0.05, 0) is 25.0 Å². The molecule has 0 spiro atoms. The van der Waals surface area contributed by atoms with E-state index in [1.54, 1.807) is 0 Å². The van der Waals surface area contributed by atoms with E-state index in [4.69, 9.17) is 0 Å². The van der Waals surface area contributed by atoms with Crippen molar-refractivity contribution < 1.29 is 4.79 Å². The Balaban J connectivity index is 2.17. The third-order valence-corrected chi connectivity index (χ3v) is 3.91. The minimum atomic E-state index is -0.776. The minimum Gasteiger partial charge on any atom is -0.341 e. The van der Waals surface area contributed by atoms with Gasteiger partial charge in [-0.1, -0.05) is 59.7 Å². The first-order valence-electron chi connectivity index (χ1n) is 6.80. The zero-order valence-corrected chi connectivity index (χ0v) is 11.7. The largest absolute Gasteiger partial charge is 0.341 e. The second-order valence-electron chi connectivity index (χ2n) is 5.34. The molecule has 0 saturated carbocycles. The van der Waals surface area contributed by atoms with Crippen LogP contribution in [-0.4, -0.2) is 12.6 Å². The summed E-state index contributed by atoms with van der Waals surface area (Å²) in [6.45, 7) is 4.58. The van der Waals surface area contributed by atoms with E-state index in [2.05, 4.69) is 10.6 Å². The number of aryl methyl sites for hydroxylation is 2. The van der Waals surface area contributed by atoms with Crippen LogP contribution < -0.4 is 10.6 Å². The van der Waals surface area contributed by atoms with Crippen LogP contribution in [0.25, 0.3) is 0 Å². The number of carbonyl (C=O) groups excluding carboxylic acids is 1. The fourth-order valence-electron chi connectivity index (χ4n) is 2.71. The molecule has 1 amide bonds. The molecule has 0 aliphatic carbocycles. The second-order valence-corrected chi connectivity index (χ2v) is 5.34. The normalized spacial score (nSPS) is 17.0. The van der Waals surface area contributed by atoms with Crippen LogP contribution >= 0.6 is 0 Å². The van der Waals surface area contributed by atoms with Gasteiger partial charge in [-0.25, -0.2) is 0 Å². The Morgan fingerprint density at radius 3 is 1.65 bits per heavy atom. The van der Waals surface area contributed by atoms with Gasteiger partial charge in [-0.2, -0.15) is 0 Å². The number of rotatable bonds is 2. The first-order valence-corrected chi connectivity index (χ1v) is 6.80. The minimum absolute atomic E-state index is 0.00482. The molecular formula is C17H18N2O. The van der Waals surface area contributed by atoms with Crippen LogP contribution in [0.15, 0.2) is 48.5 Å². The monoisotopic (exact) mass is 266 g/mol. The molecule has 20 heavy (non-hydrogen) atoms. The van der Waals surface area contributed by atoms with Gasteiger partial charge < -0.3 is 5.32 Å². The lowest BCUT2D eigenvalue weighted by Crippen LogP contribution is -2.44. The molecule has 3 nitrogen and oxygen atoms in total. The van der Waals surface area contributed by atoms with Crippen molar-refractivity contribution in [1.29, 1.82) is 0 Å². The topological polar surface area (TPSA) is 41.1 Å². The van der Waals surface area contributed by atoms with E-state index < -0.39 is 5.54 Å². The standard InChI is InChI=1S/C17H18N2O/c1-12-3-7-14(8-4-12)17(16(20)18-11-19-17)15-9-5-13(2)6-10-15/h3-10,19H,11H2,1-2H3,(H,18,20). The lowest BCUT2D eigenvalue weighted by atomic mass is 9.82. The summed E-state index contributed by atoms with van der Waals surface area (Å²) in [6, 6.07) is 16.2. The molecule has 2 aromatic rings. The van der Waals surface area contributed by atoms with Crippen molar-refractivity contribution in [3.63, 3.8) is 0 Å². The SMILES string of the molecule is Cc1ccc(C2(c3ccc(C)cc3)NCNC2=O)cc1. The molecule has 1 aliphatic heterocycles. The molecule has 0 unspecified atom stereocenters. The molecule has 1 heterocycles. The van der Waals surface area contributed by atoms with Gasteiger partial charge in [0.15, 0.2) is 5.54 Å². The van der Waals surface area contributed by atoms with Crippen molar-refractivity contribution in [3.05, 3.63) is 70.8 Å². The molecule has 2 N–H and O–H groups in total. The maximum Gasteiger partial charge on any atom is 0.250 e. The third kappa shape index (κ3) is 1.91. The van der Waals surface area contributed by atoms with Gasteiger partial charge in [0.2, 0.25) is 0 Å². The Hall–Kier alpha value is -2.13. The predicted octanol–water partition coefficient (Wildman–Crippen LogP) is 2.22. The summed E-state index contributed by atoms with van der Waals surface area (Å²) in [5.74, 6) is 0.00482. The van der Waals surface area contributed by atoms with Crippen LogP contribution in [0.1, 0.15) is 22.3 Å². The number of hydrogen-bond acceptors (Lipinski definition) is 2. The van der Waals surface area contributed by atoms with E-state index >= 15 is 0 Å². The maximum absolute atomic E-state index is 12.5. The lowest BCUT2D eigenvalue weighted by molar-refractivity contribution is -0.123. The fraction of sp³-hybridized carbons (Fsp3) is 0.235. The summed E-state index contributed by atoms with van der Waals surface area (Å²) in [5.41, 5.74) is 3.54. The van der Waals surface area contributed by atoms with E-state index in [9.17, 15) is 4.79 Å². The van der Waals surface area contributed by atoms with Crippen molar-refractivity contribution >= 4 is 5.91 Å². The maximum atomic E-state index is 12.5. The van der Waals surface area contributed by atoms with Crippen LogP contribution in [0.4, 0.5) is 0 Å². The molecular weight excluding hydrogens is 248 g/mol. The zero-order chi connectivity index (χ0) is 14.2. The van der Waals surface area contributed by atoms with Crippen molar-refractivity contribution in [2.45, 2.75) is 19.4 Å². The quantitative estimate of drug-likeness (QED) is 0.875. The number of amides is 1. The molecule has 1 saturated heterocycles. The van der Waals surface area contributed by atoms with Crippen molar-refractivity contribution in [3.8, 4) is 0 Å². The average molecular weight is 266 g/mol. The number of nitrogens with one attached hydrogen (secondary N) is 2. The Morgan fingerprint density at radius 1 is 0.850 bits per heavy atom. The molecule has 0 bridgehead atoms. The Bertz CT molecular complexity index is 584. The summed E-state index contributed by atoms with van der Waals surface area (Å²) in [4.78, 5) is 12.5. The molecule has 3 rings (SSSR count). The van der Waals surface area contributed by atoms with Crippen LogP contribution in [-0.2, 0) is 10.3 Å². The fourth-order valence-corrected chi connectivity index (χ4v) is 2.71. The van der Waals surface area contributed by atoms with Gasteiger partial charge in [0.1, 0.15) is 0 Å². The van der Waals surface area contributed by atoms with Crippen molar-refractivity contribution in [2.75, 3.05) is 6.67 Å². The Morgan fingerprint density at radius 2 is 1.30 bits per heavy atom. The highest BCUT2D eigenvalue weighted by molar-refractivity contribution is 5.93. The van der Waals surface area contributed by atoms with Gasteiger partial charge in [-0.15, -0.1) is 0 Å². The summed E-state index contributed by atoms with van der Waals surface area (Å²) in [5, 5.41) is 6.22. The average Bonchev–Trinajstić information content (AvgIpc) is 2.83. The molecule has 102 valence electrons. The first-order chi connectivity index (χ1) is 9.63. The van der Waals surface area contributed by atoms with Crippen LogP contribution in [0.2, 0.25) is 0 Å². The summed E-state index contributed by atoms with van der Waals surface area (Å²) in [6.07, 6.45) is 0. The molecule has 1 aliphatic rings. The molecule has 1 fully saturated rings. The van der Waals surface area contributed by atoms with E-state index in [1.807, 2.05) is 62.4 Å². The number of hydrogen-bond donors (Lipinski definition) is 2. The number of benzene rings is 2. The second kappa shape index (κ2) is 4.76. The van der Waals surface area contributed by atoms with Crippen molar-refractivity contribution in [1.82, 2.24) is 10.6 Å². The highest BCUT2D eigenvalue weighted by atomic mass is 16.2. The van der Waals surface area contributed by atoms with E-state index in [1.165, 1.54) is 11.1 Å². The summed E-state index contributed by atoms with van der Waals surface area (Å²) in [7, 11) is 0. The molecule has 2 aromatic carbocycles. The predicted molar refractivity (Wildman–Crippen MR) is 79.3 cm³/mol. The molecule has 3 heteroatoms.